The first kappa shape index (κ1) is 19.3. The van der Waals surface area contributed by atoms with Crippen LogP contribution in [0.3, 0.4) is 0 Å². The number of hydrogen-bond acceptors (Lipinski definition) is 2. The Bertz CT molecular complexity index is 376. The number of aliphatic imine (C=N–C) groups is 1. The molecule has 0 aromatic carbocycles. The van der Waals surface area contributed by atoms with Crippen LogP contribution in [0.25, 0.3) is 0 Å². The molecular formula is C18H34IN3O. The van der Waals surface area contributed by atoms with Crippen molar-refractivity contribution in [1.82, 2.24) is 10.6 Å². The van der Waals surface area contributed by atoms with Crippen molar-refractivity contribution in [3.05, 3.63) is 0 Å². The fraction of sp³-hybridized carbons (Fsp3) is 0.944. The van der Waals surface area contributed by atoms with E-state index in [1.165, 1.54) is 44.9 Å². The first-order chi connectivity index (χ1) is 10.8. The van der Waals surface area contributed by atoms with Gasteiger partial charge in [-0.2, -0.15) is 0 Å². The summed E-state index contributed by atoms with van der Waals surface area (Å²) in [6, 6.07) is 0. The van der Waals surface area contributed by atoms with E-state index in [0.29, 0.717) is 5.41 Å². The van der Waals surface area contributed by atoms with E-state index >= 15 is 0 Å². The molecule has 23 heavy (non-hydrogen) atoms. The van der Waals surface area contributed by atoms with Gasteiger partial charge in [-0.15, -0.1) is 24.0 Å². The van der Waals surface area contributed by atoms with Crippen molar-refractivity contribution in [1.29, 1.82) is 0 Å². The third kappa shape index (κ3) is 6.07. The molecule has 0 saturated heterocycles. The zero-order valence-electron chi connectivity index (χ0n) is 14.6. The normalized spacial score (nSPS) is 22.9. The molecular weight excluding hydrogens is 401 g/mol. The number of rotatable bonds is 10. The van der Waals surface area contributed by atoms with Crippen LogP contribution in [0.5, 0.6) is 0 Å². The zero-order valence-corrected chi connectivity index (χ0v) is 16.9. The van der Waals surface area contributed by atoms with Gasteiger partial charge in [0.15, 0.2) is 5.96 Å². The highest BCUT2D eigenvalue weighted by atomic mass is 127. The first-order valence-corrected chi connectivity index (χ1v) is 9.42. The minimum absolute atomic E-state index is 0. The van der Waals surface area contributed by atoms with E-state index in [-0.39, 0.29) is 24.0 Å². The minimum Gasteiger partial charge on any atom is -0.381 e. The maximum absolute atomic E-state index is 5.68. The van der Waals surface area contributed by atoms with Crippen molar-refractivity contribution in [2.45, 2.75) is 58.3 Å². The largest absolute Gasteiger partial charge is 0.381 e. The van der Waals surface area contributed by atoms with Gasteiger partial charge in [0.1, 0.15) is 0 Å². The maximum Gasteiger partial charge on any atom is 0.191 e. The molecule has 3 fully saturated rings. The van der Waals surface area contributed by atoms with Gasteiger partial charge in [-0.05, 0) is 69.1 Å². The molecule has 4 nitrogen and oxygen atoms in total. The quantitative estimate of drug-likeness (QED) is 0.239. The van der Waals surface area contributed by atoms with Crippen molar-refractivity contribution in [2.24, 2.45) is 22.2 Å². The number of ether oxygens (including phenoxy) is 1. The van der Waals surface area contributed by atoms with Crippen LogP contribution in [-0.2, 0) is 4.74 Å². The Morgan fingerprint density at radius 3 is 2.52 bits per heavy atom. The number of hydrogen-bond donors (Lipinski definition) is 2. The molecule has 0 aromatic rings. The fourth-order valence-corrected chi connectivity index (χ4v) is 3.52. The highest BCUT2D eigenvalue weighted by Crippen LogP contribution is 2.57. The molecule has 0 amide bonds. The molecule has 0 aromatic heterocycles. The smallest absolute Gasteiger partial charge is 0.191 e. The third-order valence-corrected chi connectivity index (χ3v) is 5.50. The van der Waals surface area contributed by atoms with Crippen LogP contribution < -0.4 is 10.6 Å². The Labute approximate surface area is 158 Å². The van der Waals surface area contributed by atoms with Gasteiger partial charge in [-0.25, -0.2) is 0 Å². The summed E-state index contributed by atoms with van der Waals surface area (Å²) in [5, 5.41) is 6.84. The predicted octanol–water partition coefficient (Wildman–Crippen LogP) is 3.56. The van der Waals surface area contributed by atoms with E-state index in [4.69, 9.17) is 9.73 Å². The second-order valence-corrected chi connectivity index (χ2v) is 7.48. The number of nitrogens with zero attached hydrogens (tertiary/aromatic N) is 1. The monoisotopic (exact) mass is 435 g/mol. The van der Waals surface area contributed by atoms with Gasteiger partial charge in [0, 0.05) is 32.8 Å². The molecule has 0 unspecified atom stereocenters. The Kier molecular flexibility index (Phi) is 7.92. The van der Waals surface area contributed by atoms with Crippen molar-refractivity contribution in [3.63, 3.8) is 0 Å². The van der Waals surface area contributed by atoms with Crippen LogP contribution in [0.1, 0.15) is 58.3 Å². The second-order valence-electron chi connectivity index (χ2n) is 7.48. The van der Waals surface area contributed by atoms with E-state index in [9.17, 15) is 0 Å². The lowest BCUT2D eigenvalue weighted by Crippen LogP contribution is -2.41. The number of guanidine groups is 1. The van der Waals surface area contributed by atoms with Gasteiger partial charge in [0.05, 0.1) is 0 Å². The van der Waals surface area contributed by atoms with E-state index in [1.54, 1.807) is 0 Å². The summed E-state index contributed by atoms with van der Waals surface area (Å²) in [7, 11) is 0. The van der Waals surface area contributed by atoms with Crippen molar-refractivity contribution in [3.8, 4) is 0 Å². The Hall–Kier alpha value is -0.0400. The van der Waals surface area contributed by atoms with Crippen molar-refractivity contribution in [2.75, 3.05) is 32.8 Å². The molecule has 3 saturated carbocycles. The van der Waals surface area contributed by atoms with E-state index < -0.39 is 0 Å². The van der Waals surface area contributed by atoms with Gasteiger partial charge in [-0.1, -0.05) is 6.42 Å². The molecule has 2 N–H and O–H groups in total. The maximum atomic E-state index is 5.68. The highest BCUT2D eigenvalue weighted by molar-refractivity contribution is 14.0. The number of halogens is 1. The summed E-state index contributed by atoms with van der Waals surface area (Å²) in [5.41, 5.74) is 0.565. The molecule has 134 valence electrons. The van der Waals surface area contributed by atoms with E-state index in [0.717, 1.165) is 57.1 Å². The summed E-state index contributed by atoms with van der Waals surface area (Å²) in [5.74, 6) is 2.84. The fourth-order valence-electron chi connectivity index (χ4n) is 3.52. The van der Waals surface area contributed by atoms with Gasteiger partial charge in [-0.3, -0.25) is 4.99 Å². The zero-order chi connectivity index (χ0) is 15.3. The average molecular weight is 435 g/mol. The second kappa shape index (κ2) is 9.44. The Balaban J connectivity index is 0.00000192. The highest BCUT2D eigenvalue weighted by Gasteiger charge is 2.48. The Morgan fingerprint density at radius 2 is 1.96 bits per heavy atom. The SMILES string of the molecule is CCNC(=NCC1(C2CC2)CCC1)NCCCOCC1CC1.I. The molecule has 0 atom stereocenters. The molecule has 0 bridgehead atoms. The average Bonchev–Trinajstić information content (AvgIpc) is 3.34. The lowest BCUT2D eigenvalue weighted by molar-refractivity contribution is 0.113. The lowest BCUT2D eigenvalue weighted by atomic mass is 9.65. The summed E-state index contributed by atoms with van der Waals surface area (Å²) < 4.78 is 5.68. The molecule has 0 spiro atoms. The van der Waals surface area contributed by atoms with E-state index in [2.05, 4.69) is 17.6 Å². The van der Waals surface area contributed by atoms with Crippen LogP contribution in [-0.4, -0.2) is 38.8 Å². The molecule has 3 aliphatic rings. The summed E-state index contributed by atoms with van der Waals surface area (Å²) in [6.45, 7) is 6.88. The molecule has 0 aliphatic heterocycles. The first-order valence-electron chi connectivity index (χ1n) is 9.42. The Morgan fingerprint density at radius 1 is 1.17 bits per heavy atom. The summed E-state index contributed by atoms with van der Waals surface area (Å²) in [4.78, 5) is 4.88. The molecule has 5 heteroatoms. The molecule has 0 radical (unpaired) electrons. The van der Waals surface area contributed by atoms with E-state index in [1.807, 2.05) is 0 Å². The molecule has 3 aliphatic carbocycles. The standard InChI is InChI=1S/C18H33N3O.HI/c1-2-19-17(20-11-4-12-22-13-15-5-6-15)21-14-18(9-3-10-18)16-7-8-16;/h15-16H,2-14H2,1H3,(H2,19,20,21);1H. The van der Waals surface area contributed by atoms with Crippen LogP contribution in [0.15, 0.2) is 4.99 Å². The van der Waals surface area contributed by atoms with Crippen LogP contribution >= 0.6 is 24.0 Å². The third-order valence-electron chi connectivity index (χ3n) is 5.50. The summed E-state index contributed by atoms with van der Waals surface area (Å²) in [6.07, 6.45) is 10.9. The van der Waals surface area contributed by atoms with Crippen molar-refractivity contribution >= 4 is 29.9 Å². The van der Waals surface area contributed by atoms with Gasteiger partial charge in [0.2, 0.25) is 0 Å². The topological polar surface area (TPSA) is 45.7 Å². The number of nitrogens with one attached hydrogen (secondary N) is 2. The van der Waals surface area contributed by atoms with Crippen LogP contribution in [0, 0.1) is 17.3 Å². The van der Waals surface area contributed by atoms with Gasteiger partial charge in [0.25, 0.3) is 0 Å². The predicted molar refractivity (Wildman–Crippen MR) is 107 cm³/mol. The lowest BCUT2D eigenvalue weighted by Gasteiger charge is -2.41. The minimum atomic E-state index is 0. The van der Waals surface area contributed by atoms with Gasteiger partial charge < -0.3 is 15.4 Å². The van der Waals surface area contributed by atoms with Gasteiger partial charge >= 0.3 is 0 Å². The van der Waals surface area contributed by atoms with Crippen LogP contribution in [0.2, 0.25) is 0 Å². The van der Waals surface area contributed by atoms with Crippen molar-refractivity contribution < 1.29 is 4.74 Å². The van der Waals surface area contributed by atoms with Crippen LogP contribution in [0.4, 0.5) is 0 Å². The summed E-state index contributed by atoms with van der Waals surface area (Å²) >= 11 is 0. The molecule has 0 heterocycles. The molecule has 3 rings (SSSR count).